The molecule has 0 saturated carbocycles. The minimum absolute atomic E-state index is 0.126. The zero-order valence-corrected chi connectivity index (χ0v) is 12.0. The topological polar surface area (TPSA) is 35.2 Å². The molecule has 0 fully saturated rings. The van der Waals surface area contributed by atoms with Crippen LogP contribution in [0.4, 0.5) is 0 Å². The lowest BCUT2D eigenvalue weighted by atomic mass is 9.81. The second-order valence-corrected chi connectivity index (χ2v) is 6.04. The molecular formula is C14H31NO. The Labute approximate surface area is 102 Å². The van der Waals surface area contributed by atoms with Crippen molar-refractivity contribution in [3.8, 4) is 0 Å². The average Bonchev–Trinajstić information content (AvgIpc) is 2.12. The summed E-state index contributed by atoms with van der Waals surface area (Å²) < 4.78 is 5.82. The van der Waals surface area contributed by atoms with Crippen molar-refractivity contribution in [2.45, 2.75) is 73.0 Å². The molecule has 0 rings (SSSR count). The van der Waals surface area contributed by atoms with Crippen LogP contribution in [0.15, 0.2) is 0 Å². The molecule has 0 heterocycles. The van der Waals surface area contributed by atoms with E-state index < -0.39 is 0 Å². The normalized spacial score (nSPS) is 18.2. The van der Waals surface area contributed by atoms with Gasteiger partial charge in [-0.15, -0.1) is 0 Å². The van der Waals surface area contributed by atoms with Gasteiger partial charge >= 0.3 is 0 Å². The molecule has 0 aliphatic rings. The fourth-order valence-corrected chi connectivity index (χ4v) is 2.39. The molecule has 2 nitrogen and oxygen atoms in total. The lowest BCUT2D eigenvalue weighted by molar-refractivity contribution is -0.0317. The molecule has 0 spiro atoms. The third-order valence-electron chi connectivity index (χ3n) is 3.04. The van der Waals surface area contributed by atoms with Gasteiger partial charge in [-0.1, -0.05) is 47.5 Å². The summed E-state index contributed by atoms with van der Waals surface area (Å²) in [5.41, 5.74) is 6.42. The second kappa shape index (κ2) is 7.29. The van der Waals surface area contributed by atoms with Crippen LogP contribution in [0.25, 0.3) is 0 Å². The van der Waals surface area contributed by atoms with Crippen molar-refractivity contribution in [3.05, 3.63) is 0 Å². The minimum Gasteiger partial charge on any atom is -0.376 e. The monoisotopic (exact) mass is 229 g/mol. The number of rotatable bonds is 7. The third-order valence-corrected chi connectivity index (χ3v) is 3.04. The van der Waals surface area contributed by atoms with Crippen molar-refractivity contribution < 1.29 is 4.74 Å². The van der Waals surface area contributed by atoms with Gasteiger partial charge in [0, 0.05) is 12.6 Å². The summed E-state index contributed by atoms with van der Waals surface area (Å²) in [4.78, 5) is 0. The molecule has 0 aromatic heterocycles. The van der Waals surface area contributed by atoms with E-state index >= 15 is 0 Å². The van der Waals surface area contributed by atoms with Gasteiger partial charge in [-0.3, -0.25) is 0 Å². The van der Waals surface area contributed by atoms with Crippen molar-refractivity contribution in [3.63, 3.8) is 0 Å². The fraction of sp³-hybridized carbons (Fsp3) is 1.00. The zero-order valence-electron chi connectivity index (χ0n) is 12.0. The predicted octanol–water partition coefficient (Wildman–Crippen LogP) is 3.59. The first kappa shape index (κ1) is 15.9. The number of hydrogen-bond acceptors (Lipinski definition) is 2. The summed E-state index contributed by atoms with van der Waals surface area (Å²) in [6.45, 7) is 13.9. The van der Waals surface area contributed by atoms with Crippen LogP contribution < -0.4 is 5.73 Å². The Morgan fingerprint density at radius 1 is 1.19 bits per heavy atom. The Morgan fingerprint density at radius 2 is 1.75 bits per heavy atom. The molecule has 3 atom stereocenters. The van der Waals surface area contributed by atoms with Gasteiger partial charge in [0.1, 0.15) is 0 Å². The molecule has 16 heavy (non-hydrogen) atoms. The predicted molar refractivity (Wildman–Crippen MR) is 71.5 cm³/mol. The molecule has 0 bridgehead atoms. The van der Waals surface area contributed by atoms with Crippen LogP contribution in [-0.2, 0) is 4.74 Å². The highest BCUT2D eigenvalue weighted by molar-refractivity contribution is 4.85. The van der Waals surface area contributed by atoms with Gasteiger partial charge in [-0.25, -0.2) is 0 Å². The highest BCUT2D eigenvalue weighted by Crippen LogP contribution is 2.27. The molecule has 0 aromatic rings. The van der Waals surface area contributed by atoms with E-state index in [4.69, 9.17) is 10.5 Å². The van der Waals surface area contributed by atoms with E-state index in [-0.39, 0.29) is 17.6 Å². The minimum atomic E-state index is 0.126. The lowest BCUT2D eigenvalue weighted by Crippen LogP contribution is -2.46. The lowest BCUT2D eigenvalue weighted by Gasteiger charge is -2.36. The Morgan fingerprint density at radius 3 is 2.12 bits per heavy atom. The second-order valence-electron chi connectivity index (χ2n) is 6.04. The van der Waals surface area contributed by atoms with Gasteiger partial charge < -0.3 is 10.5 Å². The Hall–Kier alpha value is -0.0800. The highest BCUT2D eigenvalue weighted by Gasteiger charge is 2.31. The van der Waals surface area contributed by atoms with Crippen molar-refractivity contribution in [1.82, 2.24) is 0 Å². The van der Waals surface area contributed by atoms with E-state index in [1.807, 2.05) is 6.92 Å². The summed E-state index contributed by atoms with van der Waals surface area (Å²) in [5, 5.41) is 0. The Balaban J connectivity index is 4.32. The maximum atomic E-state index is 6.30. The van der Waals surface area contributed by atoms with E-state index in [9.17, 15) is 0 Å². The van der Waals surface area contributed by atoms with E-state index in [0.29, 0.717) is 5.92 Å². The van der Waals surface area contributed by atoms with Crippen LogP contribution in [0.5, 0.6) is 0 Å². The molecule has 0 radical (unpaired) electrons. The highest BCUT2D eigenvalue weighted by atomic mass is 16.5. The van der Waals surface area contributed by atoms with Gasteiger partial charge in [0.25, 0.3) is 0 Å². The molecule has 0 aliphatic carbocycles. The van der Waals surface area contributed by atoms with Crippen LogP contribution in [0.3, 0.4) is 0 Å². The summed E-state index contributed by atoms with van der Waals surface area (Å²) >= 11 is 0. The average molecular weight is 229 g/mol. The van der Waals surface area contributed by atoms with Crippen molar-refractivity contribution in [2.75, 3.05) is 6.61 Å². The molecule has 0 saturated heterocycles. The SMILES string of the molecule is CCCC(C)CC(N)C(OCC)C(C)(C)C. The summed E-state index contributed by atoms with van der Waals surface area (Å²) in [6.07, 6.45) is 3.73. The van der Waals surface area contributed by atoms with Crippen molar-refractivity contribution in [1.29, 1.82) is 0 Å². The van der Waals surface area contributed by atoms with Crippen LogP contribution in [0.2, 0.25) is 0 Å². The molecule has 0 aromatic carbocycles. The molecule has 2 heteroatoms. The van der Waals surface area contributed by atoms with Gasteiger partial charge in [0.05, 0.1) is 6.10 Å². The first-order valence-corrected chi connectivity index (χ1v) is 6.70. The van der Waals surface area contributed by atoms with Crippen LogP contribution in [0, 0.1) is 11.3 Å². The van der Waals surface area contributed by atoms with E-state index in [2.05, 4.69) is 34.6 Å². The van der Waals surface area contributed by atoms with Gasteiger partial charge in [-0.05, 0) is 24.7 Å². The zero-order chi connectivity index (χ0) is 12.8. The van der Waals surface area contributed by atoms with Crippen LogP contribution in [-0.4, -0.2) is 18.8 Å². The number of nitrogens with two attached hydrogens (primary N) is 1. The molecule has 2 N–H and O–H groups in total. The van der Waals surface area contributed by atoms with E-state index in [1.165, 1.54) is 12.8 Å². The first-order valence-electron chi connectivity index (χ1n) is 6.70. The molecular weight excluding hydrogens is 198 g/mol. The van der Waals surface area contributed by atoms with E-state index in [1.54, 1.807) is 0 Å². The summed E-state index contributed by atoms with van der Waals surface area (Å²) in [5.74, 6) is 0.699. The van der Waals surface area contributed by atoms with Gasteiger partial charge in [0.15, 0.2) is 0 Å². The maximum absolute atomic E-state index is 6.30. The maximum Gasteiger partial charge on any atom is 0.0773 e. The first-order chi connectivity index (χ1) is 7.32. The third kappa shape index (κ3) is 5.86. The molecule has 0 amide bonds. The summed E-state index contributed by atoms with van der Waals surface area (Å²) in [7, 11) is 0. The molecule has 98 valence electrons. The largest absolute Gasteiger partial charge is 0.376 e. The standard InChI is InChI=1S/C14H31NO/c1-7-9-11(3)10-12(15)13(16-8-2)14(4,5)6/h11-13H,7-10,15H2,1-6H3. The van der Waals surface area contributed by atoms with E-state index in [0.717, 1.165) is 13.0 Å². The molecule has 3 unspecified atom stereocenters. The fourth-order valence-electron chi connectivity index (χ4n) is 2.39. The van der Waals surface area contributed by atoms with Crippen LogP contribution in [0.1, 0.15) is 60.8 Å². The Bertz CT molecular complexity index is 174. The van der Waals surface area contributed by atoms with Crippen molar-refractivity contribution in [2.24, 2.45) is 17.1 Å². The smallest absolute Gasteiger partial charge is 0.0773 e. The summed E-state index contributed by atoms with van der Waals surface area (Å²) in [6, 6.07) is 0.154. The quantitative estimate of drug-likeness (QED) is 0.724. The number of ether oxygens (including phenoxy) is 1. The van der Waals surface area contributed by atoms with Gasteiger partial charge in [-0.2, -0.15) is 0 Å². The van der Waals surface area contributed by atoms with Gasteiger partial charge in [0.2, 0.25) is 0 Å². The molecule has 0 aliphatic heterocycles. The Kier molecular flexibility index (Phi) is 7.25. The van der Waals surface area contributed by atoms with Crippen molar-refractivity contribution >= 4 is 0 Å². The number of hydrogen-bond donors (Lipinski definition) is 1. The van der Waals surface area contributed by atoms with Crippen LogP contribution >= 0.6 is 0 Å².